The van der Waals surface area contributed by atoms with Gasteiger partial charge in [0.15, 0.2) is 0 Å². The second kappa shape index (κ2) is 5.49. The molecule has 0 bridgehead atoms. The third-order valence-electron chi connectivity index (χ3n) is 3.54. The van der Waals surface area contributed by atoms with E-state index in [1.807, 2.05) is 32.3 Å². The molecular weight excluding hydrogens is 250 g/mol. The molecule has 20 heavy (non-hydrogen) atoms. The number of aryl methyl sites for hydroxylation is 1. The Morgan fingerprint density at radius 1 is 1.20 bits per heavy atom. The Labute approximate surface area is 119 Å². The van der Waals surface area contributed by atoms with Gasteiger partial charge in [-0.1, -0.05) is 6.07 Å². The van der Waals surface area contributed by atoms with E-state index < -0.39 is 0 Å². The van der Waals surface area contributed by atoms with Gasteiger partial charge in [0.2, 0.25) is 5.95 Å². The average Bonchev–Trinajstić information content (AvgIpc) is 2.83. The van der Waals surface area contributed by atoms with E-state index >= 15 is 0 Å². The van der Waals surface area contributed by atoms with Crippen molar-refractivity contribution in [1.82, 2.24) is 9.97 Å². The van der Waals surface area contributed by atoms with Crippen molar-refractivity contribution < 1.29 is 4.74 Å². The minimum Gasteiger partial charge on any atom is -0.494 e. The van der Waals surface area contributed by atoms with Crippen LogP contribution in [0.5, 0.6) is 5.75 Å². The van der Waals surface area contributed by atoms with Crippen LogP contribution in [0.1, 0.15) is 23.6 Å². The van der Waals surface area contributed by atoms with Crippen molar-refractivity contribution in [2.75, 3.05) is 11.9 Å². The van der Waals surface area contributed by atoms with Gasteiger partial charge in [-0.2, -0.15) is 0 Å². The normalized spacial score (nSPS) is 16.8. The van der Waals surface area contributed by atoms with Gasteiger partial charge in [0, 0.05) is 18.4 Å². The van der Waals surface area contributed by atoms with Crippen LogP contribution < -0.4 is 10.1 Å². The summed E-state index contributed by atoms with van der Waals surface area (Å²) in [6.07, 6.45) is 5.68. The molecule has 0 fully saturated rings. The van der Waals surface area contributed by atoms with Crippen LogP contribution in [0.25, 0.3) is 0 Å². The minimum absolute atomic E-state index is 0.365. The molecule has 1 atom stereocenters. The Kier molecular flexibility index (Phi) is 3.54. The molecule has 4 nitrogen and oxygen atoms in total. The van der Waals surface area contributed by atoms with Crippen LogP contribution in [-0.4, -0.2) is 22.6 Å². The molecule has 104 valence electrons. The summed E-state index contributed by atoms with van der Waals surface area (Å²) in [7, 11) is 0. The van der Waals surface area contributed by atoms with E-state index in [4.69, 9.17) is 4.74 Å². The Bertz CT molecular complexity index is 595. The van der Waals surface area contributed by atoms with E-state index in [0.717, 1.165) is 24.2 Å². The van der Waals surface area contributed by atoms with E-state index in [1.165, 1.54) is 11.1 Å². The molecule has 0 saturated carbocycles. The molecule has 3 rings (SSSR count). The first kappa shape index (κ1) is 12.9. The van der Waals surface area contributed by atoms with Crippen molar-refractivity contribution in [2.24, 2.45) is 0 Å². The molecule has 0 radical (unpaired) electrons. The van der Waals surface area contributed by atoms with Crippen LogP contribution in [-0.2, 0) is 12.8 Å². The number of nitrogens with zero attached hydrogens (tertiary/aromatic N) is 2. The molecule has 1 aliphatic rings. The fraction of sp³-hybridized carbons (Fsp3) is 0.375. The third-order valence-corrected chi connectivity index (χ3v) is 3.54. The first-order valence-electron chi connectivity index (χ1n) is 7.04. The van der Waals surface area contributed by atoms with Crippen molar-refractivity contribution in [3.05, 3.63) is 47.3 Å². The van der Waals surface area contributed by atoms with Gasteiger partial charge in [-0.15, -0.1) is 0 Å². The predicted octanol–water partition coefficient (Wildman–Crippen LogP) is 2.76. The zero-order valence-electron chi connectivity index (χ0n) is 11.9. The van der Waals surface area contributed by atoms with Gasteiger partial charge in [-0.25, -0.2) is 9.97 Å². The lowest BCUT2D eigenvalue weighted by molar-refractivity contribution is 0.340. The highest BCUT2D eigenvalue weighted by Crippen LogP contribution is 2.27. The number of benzene rings is 1. The van der Waals surface area contributed by atoms with Crippen LogP contribution in [0.15, 0.2) is 30.6 Å². The quantitative estimate of drug-likeness (QED) is 0.927. The van der Waals surface area contributed by atoms with Gasteiger partial charge >= 0.3 is 0 Å². The molecule has 1 aliphatic carbocycles. The van der Waals surface area contributed by atoms with Gasteiger partial charge in [0.05, 0.1) is 6.61 Å². The number of hydrogen-bond donors (Lipinski definition) is 1. The molecule has 2 aromatic rings. The number of fused-ring (bicyclic) bond motifs is 1. The number of aromatic nitrogens is 2. The first-order chi connectivity index (χ1) is 9.74. The molecule has 1 heterocycles. The SMILES string of the molecule is CCOc1ccc2c(c1)CC(Nc1ncc(C)cn1)C2. The zero-order chi connectivity index (χ0) is 13.9. The summed E-state index contributed by atoms with van der Waals surface area (Å²) in [4.78, 5) is 8.61. The number of rotatable bonds is 4. The standard InChI is InChI=1S/C16H19N3O/c1-3-20-15-5-4-12-6-14(7-13(12)8-15)19-16-17-9-11(2)10-18-16/h4-5,8-10,14H,3,6-7H2,1-2H3,(H,17,18,19). The fourth-order valence-corrected chi connectivity index (χ4v) is 2.60. The Hall–Kier alpha value is -2.10. The Morgan fingerprint density at radius 3 is 2.70 bits per heavy atom. The van der Waals surface area contributed by atoms with Crippen LogP contribution in [0, 0.1) is 6.92 Å². The van der Waals surface area contributed by atoms with E-state index in [-0.39, 0.29) is 0 Å². The summed E-state index contributed by atoms with van der Waals surface area (Å²) < 4.78 is 5.55. The maximum atomic E-state index is 5.55. The van der Waals surface area contributed by atoms with Gasteiger partial charge < -0.3 is 10.1 Å². The maximum Gasteiger partial charge on any atom is 0.222 e. The number of nitrogens with one attached hydrogen (secondary N) is 1. The highest BCUT2D eigenvalue weighted by molar-refractivity contribution is 5.42. The highest BCUT2D eigenvalue weighted by Gasteiger charge is 2.22. The van der Waals surface area contributed by atoms with Gasteiger partial charge in [0.1, 0.15) is 5.75 Å². The predicted molar refractivity (Wildman–Crippen MR) is 79.2 cm³/mol. The fourth-order valence-electron chi connectivity index (χ4n) is 2.60. The molecule has 1 N–H and O–H groups in total. The topological polar surface area (TPSA) is 47.0 Å². The molecule has 0 saturated heterocycles. The summed E-state index contributed by atoms with van der Waals surface area (Å²) in [5, 5.41) is 3.40. The van der Waals surface area contributed by atoms with Crippen LogP contribution in [0.3, 0.4) is 0 Å². The molecule has 0 amide bonds. The second-order valence-electron chi connectivity index (χ2n) is 5.20. The molecule has 4 heteroatoms. The van der Waals surface area contributed by atoms with Crippen molar-refractivity contribution in [1.29, 1.82) is 0 Å². The van der Waals surface area contributed by atoms with E-state index in [9.17, 15) is 0 Å². The first-order valence-corrected chi connectivity index (χ1v) is 7.04. The van der Waals surface area contributed by atoms with E-state index in [1.54, 1.807) is 0 Å². The molecule has 1 unspecified atom stereocenters. The van der Waals surface area contributed by atoms with Crippen LogP contribution in [0.2, 0.25) is 0 Å². The van der Waals surface area contributed by atoms with Crippen molar-refractivity contribution >= 4 is 5.95 Å². The monoisotopic (exact) mass is 269 g/mol. The highest BCUT2D eigenvalue weighted by atomic mass is 16.5. The van der Waals surface area contributed by atoms with Gasteiger partial charge in [-0.05, 0) is 55.5 Å². The largest absolute Gasteiger partial charge is 0.494 e. The number of ether oxygens (including phenoxy) is 1. The zero-order valence-corrected chi connectivity index (χ0v) is 11.9. The van der Waals surface area contributed by atoms with Crippen molar-refractivity contribution in [3.63, 3.8) is 0 Å². The second-order valence-corrected chi connectivity index (χ2v) is 5.20. The lowest BCUT2D eigenvalue weighted by Crippen LogP contribution is -2.20. The molecule has 1 aromatic heterocycles. The lowest BCUT2D eigenvalue weighted by atomic mass is 10.1. The Balaban J connectivity index is 1.69. The third kappa shape index (κ3) is 2.74. The smallest absolute Gasteiger partial charge is 0.222 e. The molecule has 0 aliphatic heterocycles. The summed E-state index contributed by atoms with van der Waals surface area (Å²) in [6, 6.07) is 6.73. The summed E-state index contributed by atoms with van der Waals surface area (Å²) in [6.45, 7) is 4.70. The summed E-state index contributed by atoms with van der Waals surface area (Å²) >= 11 is 0. The number of anilines is 1. The molecule has 1 aromatic carbocycles. The van der Waals surface area contributed by atoms with E-state index in [0.29, 0.717) is 18.6 Å². The molecular formula is C16H19N3O. The maximum absolute atomic E-state index is 5.55. The Morgan fingerprint density at radius 2 is 1.95 bits per heavy atom. The summed E-state index contributed by atoms with van der Waals surface area (Å²) in [5.74, 6) is 1.66. The van der Waals surface area contributed by atoms with Crippen molar-refractivity contribution in [2.45, 2.75) is 32.7 Å². The van der Waals surface area contributed by atoms with Crippen LogP contribution in [0.4, 0.5) is 5.95 Å². The van der Waals surface area contributed by atoms with E-state index in [2.05, 4.69) is 27.4 Å². The lowest BCUT2D eigenvalue weighted by Gasteiger charge is -2.11. The van der Waals surface area contributed by atoms with Crippen molar-refractivity contribution in [3.8, 4) is 5.75 Å². The number of hydrogen-bond acceptors (Lipinski definition) is 4. The van der Waals surface area contributed by atoms with Crippen LogP contribution >= 0.6 is 0 Å². The summed E-state index contributed by atoms with van der Waals surface area (Å²) in [5.41, 5.74) is 3.82. The van der Waals surface area contributed by atoms with Gasteiger partial charge in [0.25, 0.3) is 0 Å². The van der Waals surface area contributed by atoms with Gasteiger partial charge in [-0.3, -0.25) is 0 Å². The molecule has 0 spiro atoms. The minimum atomic E-state index is 0.365. The average molecular weight is 269 g/mol.